The molecule has 0 radical (unpaired) electrons. The van der Waals surface area contributed by atoms with Gasteiger partial charge >= 0.3 is 0 Å². The first kappa shape index (κ1) is 16.8. The van der Waals surface area contributed by atoms with Gasteiger partial charge in [-0.3, -0.25) is 4.57 Å². The number of nitrogens with one attached hydrogen (secondary N) is 1. The van der Waals surface area contributed by atoms with E-state index in [0.717, 1.165) is 0 Å². The van der Waals surface area contributed by atoms with Crippen LogP contribution in [0.5, 0.6) is 0 Å². The van der Waals surface area contributed by atoms with Crippen LogP contribution in [0, 0.1) is 3.83 Å². The Bertz CT molecular complexity index is 709. The quantitative estimate of drug-likeness (QED) is 0.387. The average molecular weight is 435 g/mol. The van der Waals surface area contributed by atoms with E-state index < -0.39 is 24.5 Å². The summed E-state index contributed by atoms with van der Waals surface area (Å²) in [4.78, 5) is 13.0. The van der Waals surface area contributed by atoms with Crippen LogP contribution in [0.3, 0.4) is 0 Å². The largest absolute Gasteiger partial charge is 0.394 e. The summed E-state index contributed by atoms with van der Waals surface area (Å²) < 4.78 is 7.61. The lowest BCUT2D eigenvalue weighted by molar-refractivity contribution is -0.0511. The Hall–Kier alpha value is -1.08. The molecule has 2 aromatic rings. The molecule has 9 nitrogen and oxygen atoms in total. The average Bonchev–Trinajstić information content (AvgIpc) is 3.01. The number of aliphatic hydroxyl groups is 3. The number of ether oxygens (including phenoxy) is 1. The molecule has 23 heavy (non-hydrogen) atoms. The lowest BCUT2D eigenvalue weighted by Gasteiger charge is -2.17. The minimum absolute atomic E-state index is 0.169. The van der Waals surface area contributed by atoms with Gasteiger partial charge in [0.15, 0.2) is 27.0 Å². The fourth-order valence-electron chi connectivity index (χ4n) is 2.56. The normalized spacial score (nSPS) is 28.0. The number of aliphatic hydroxyl groups excluding tert-OH is 3. The van der Waals surface area contributed by atoms with Gasteiger partial charge in [-0.05, 0) is 13.8 Å². The maximum absolute atomic E-state index is 10.2. The highest BCUT2D eigenvalue weighted by Gasteiger charge is 2.44. The third kappa shape index (κ3) is 3.01. The maximum atomic E-state index is 10.2. The van der Waals surface area contributed by atoms with Gasteiger partial charge in [0, 0.05) is 28.6 Å². The molecule has 2 aromatic heterocycles. The zero-order chi connectivity index (χ0) is 16.7. The van der Waals surface area contributed by atoms with Crippen LogP contribution in [0.1, 0.15) is 20.1 Å². The number of hydrogen-bond donors (Lipinski definition) is 4. The predicted octanol–water partition coefficient (Wildman–Crippen LogP) is -0.137. The van der Waals surface area contributed by atoms with Crippen molar-refractivity contribution in [1.82, 2.24) is 19.5 Å². The second-order valence-electron chi connectivity index (χ2n) is 5.69. The molecule has 126 valence electrons. The number of fused-ring (bicyclic) bond motifs is 1. The van der Waals surface area contributed by atoms with E-state index in [4.69, 9.17) is 4.74 Å². The van der Waals surface area contributed by atoms with Gasteiger partial charge in [-0.2, -0.15) is 0 Å². The van der Waals surface area contributed by atoms with Crippen LogP contribution in [0.2, 0.25) is 0 Å². The number of hydrogen-bond acceptors (Lipinski definition) is 8. The van der Waals surface area contributed by atoms with Gasteiger partial charge < -0.3 is 25.4 Å². The standard InChI is InChI=1S/C13H18IN5O4/c1-5(2)16-10-7-11(18-13(14)17-10)19(4-15-7)12-9(22)8(21)6(3-20)23-12/h4-6,8-9,12,20-22H,3H2,1-2H3,(H,16,17,18)/t6-,8-,9-,12-/m1/s1. The smallest absolute Gasteiger partial charge is 0.194 e. The van der Waals surface area contributed by atoms with Crippen LogP contribution in [0.15, 0.2) is 6.33 Å². The second kappa shape index (κ2) is 6.43. The highest BCUT2D eigenvalue weighted by molar-refractivity contribution is 14.1. The Morgan fingerprint density at radius 1 is 1.35 bits per heavy atom. The molecule has 0 aromatic carbocycles. The molecule has 0 spiro atoms. The molecule has 3 heterocycles. The fraction of sp³-hybridized carbons (Fsp3) is 0.615. The van der Waals surface area contributed by atoms with E-state index >= 15 is 0 Å². The summed E-state index contributed by atoms with van der Waals surface area (Å²) in [6.45, 7) is 3.60. The van der Waals surface area contributed by atoms with E-state index in [1.165, 1.54) is 6.33 Å². The molecule has 4 N–H and O–H groups in total. The highest BCUT2D eigenvalue weighted by Crippen LogP contribution is 2.32. The van der Waals surface area contributed by atoms with Crippen molar-refractivity contribution in [3.05, 3.63) is 10.2 Å². The van der Waals surface area contributed by atoms with E-state index in [1.807, 2.05) is 36.4 Å². The number of aromatic nitrogens is 4. The topological polar surface area (TPSA) is 126 Å². The Balaban J connectivity index is 2.04. The third-order valence-electron chi connectivity index (χ3n) is 3.61. The van der Waals surface area contributed by atoms with Gasteiger partial charge in [-0.1, -0.05) is 0 Å². The molecule has 1 fully saturated rings. The number of anilines is 1. The molecule has 1 aliphatic heterocycles. The monoisotopic (exact) mass is 435 g/mol. The van der Waals surface area contributed by atoms with E-state index in [2.05, 4.69) is 20.3 Å². The van der Waals surface area contributed by atoms with Crippen molar-refractivity contribution < 1.29 is 20.1 Å². The first-order chi connectivity index (χ1) is 10.9. The second-order valence-corrected chi connectivity index (χ2v) is 6.66. The summed E-state index contributed by atoms with van der Waals surface area (Å²) in [5.74, 6) is 0.597. The van der Waals surface area contributed by atoms with Gasteiger partial charge in [0.2, 0.25) is 0 Å². The Morgan fingerprint density at radius 3 is 2.70 bits per heavy atom. The van der Waals surface area contributed by atoms with Gasteiger partial charge in [-0.15, -0.1) is 0 Å². The molecule has 4 atom stereocenters. The molecule has 3 rings (SSSR count). The van der Waals surface area contributed by atoms with E-state index in [1.54, 1.807) is 4.57 Å². The van der Waals surface area contributed by atoms with E-state index in [0.29, 0.717) is 20.8 Å². The minimum atomic E-state index is -1.18. The zero-order valence-corrected chi connectivity index (χ0v) is 14.7. The fourth-order valence-corrected chi connectivity index (χ4v) is 3.03. The van der Waals surface area contributed by atoms with Gasteiger partial charge in [0.05, 0.1) is 12.9 Å². The summed E-state index contributed by atoms with van der Waals surface area (Å²) in [5.41, 5.74) is 1.04. The first-order valence-electron chi connectivity index (χ1n) is 7.21. The number of imidazole rings is 1. The molecule has 0 bridgehead atoms. The van der Waals surface area contributed by atoms with Crippen LogP contribution in [-0.4, -0.2) is 65.8 Å². The summed E-state index contributed by atoms with van der Waals surface area (Å²) in [6.07, 6.45) is -2.58. The maximum Gasteiger partial charge on any atom is 0.194 e. The van der Waals surface area contributed by atoms with Gasteiger partial charge in [-0.25, -0.2) is 15.0 Å². The lowest BCUT2D eigenvalue weighted by Crippen LogP contribution is -2.33. The van der Waals surface area contributed by atoms with Crippen LogP contribution in [0.4, 0.5) is 5.82 Å². The number of nitrogens with zero attached hydrogens (tertiary/aromatic N) is 4. The molecule has 10 heteroatoms. The lowest BCUT2D eigenvalue weighted by atomic mass is 10.1. The molecule has 0 amide bonds. The van der Waals surface area contributed by atoms with Crippen LogP contribution in [0.25, 0.3) is 11.2 Å². The van der Waals surface area contributed by atoms with Crippen molar-refractivity contribution in [1.29, 1.82) is 0 Å². The Labute approximate surface area is 145 Å². The Morgan fingerprint density at radius 2 is 2.09 bits per heavy atom. The molecular weight excluding hydrogens is 417 g/mol. The van der Waals surface area contributed by atoms with Crippen molar-refractivity contribution >= 4 is 39.6 Å². The molecule has 0 aliphatic carbocycles. The van der Waals surface area contributed by atoms with Crippen molar-refractivity contribution in [3.63, 3.8) is 0 Å². The number of halogens is 1. The van der Waals surface area contributed by atoms with E-state index in [9.17, 15) is 15.3 Å². The van der Waals surface area contributed by atoms with Crippen LogP contribution < -0.4 is 5.32 Å². The molecule has 0 unspecified atom stereocenters. The first-order valence-corrected chi connectivity index (χ1v) is 8.29. The van der Waals surface area contributed by atoms with Crippen molar-refractivity contribution in [2.24, 2.45) is 0 Å². The predicted molar refractivity (Wildman–Crippen MR) is 89.8 cm³/mol. The highest BCUT2D eigenvalue weighted by atomic mass is 127. The summed E-state index contributed by atoms with van der Waals surface area (Å²) in [6, 6.07) is 0.169. The van der Waals surface area contributed by atoms with Crippen molar-refractivity contribution in [2.75, 3.05) is 11.9 Å². The van der Waals surface area contributed by atoms with Crippen LogP contribution in [-0.2, 0) is 4.74 Å². The Kier molecular flexibility index (Phi) is 4.69. The minimum Gasteiger partial charge on any atom is -0.394 e. The van der Waals surface area contributed by atoms with Gasteiger partial charge in [0.25, 0.3) is 0 Å². The number of rotatable bonds is 4. The van der Waals surface area contributed by atoms with Crippen LogP contribution >= 0.6 is 22.6 Å². The third-order valence-corrected chi connectivity index (χ3v) is 4.09. The summed E-state index contributed by atoms with van der Waals surface area (Å²) in [7, 11) is 0. The molecular formula is C13H18IN5O4. The zero-order valence-electron chi connectivity index (χ0n) is 12.6. The molecule has 0 saturated carbocycles. The van der Waals surface area contributed by atoms with Crippen molar-refractivity contribution in [3.8, 4) is 0 Å². The van der Waals surface area contributed by atoms with Crippen molar-refractivity contribution in [2.45, 2.75) is 44.4 Å². The van der Waals surface area contributed by atoms with E-state index in [-0.39, 0.29) is 12.6 Å². The molecule has 1 saturated heterocycles. The molecule has 1 aliphatic rings. The summed E-state index contributed by atoms with van der Waals surface area (Å²) >= 11 is 2.00. The summed E-state index contributed by atoms with van der Waals surface area (Å²) in [5, 5.41) is 32.5. The van der Waals surface area contributed by atoms with Gasteiger partial charge in [0.1, 0.15) is 18.3 Å². The SMILES string of the molecule is CC(C)Nc1nc(I)nc2c1ncn2[C@@H]1O[C@H](CO)[C@@H](O)[C@H]1O.